The van der Waals surface area contributed by atoms with E-state index in [0.717, 1.165) is 5.56 Å². The van der Waals surface area contributed by atoms with E-state index in [-0.39, 0.29) is 25.4 Å². The molecular weight excluding hydrogens is 438 g/mol. The average molecular weight is 466 g/mol. The van der Waals surface area contributed by atoms with Crippen LogP contribution in [0.15, 0.2) is 54.7 Å². The number of nitrogen functional groups attached to an aromatic ring is 1. The number of methoxy groups -OCH3 is 3. The van der Waals surface area contributed by atoms with Crippen molar-refractivity contribution < 1.29 is 28.5 Å². The molecule has 9 nitrogen and oxygen atoms in total. The number of nitrogens with zero attached hydrogens (tertiary/aromatic N) is 1. The normalized spacial score (nSPS) is 10.3. The van der Waals surface area contributed by atoms with Crippen molar-refractivity contribution in [2.24, 2.45) is 0 Å². The molecule has 0 saturated carbocycles. The molecule has 0 fully saturated rings. The summed E-state index contributed by atoms with van der Waals surface area (Å²) in [4.78, 5) is 28.6. The van der Waals surface area contributed by atoms with Gasteiger partial charge in [0.25, 0.3) is 0 Å². The van der Waals surface area contributed by atoms with Crippen LogP contribution in [0.1, 0.15) is 27.0 Å². The number of aromatic nitrogens is 1. The molecule has 3 N–H and O–H groups in total. The van der Waals surface area contributed by atoms with Crippen LogP contribution in [-0.2, 0) is 24.3 Å². The largest absolute Gasteiger partial charge is 0.493 e. The van der Waals surface area contributed by atoms with Gasteiger partial charge in [0.15, 0.2) is 17.3 Å². The van der Waals surface area contributed by atoms with Crippen molar-refractivity contribution in [2.45, 2.75) is 19.6 Å². The molecule has 34 heavy (non-hydrogen) atoms. The molecule has 0 unspecified atom stereocenters. The zero-order valence-electron chi connectivity index (χ0n) is 19.3. The first-order chi connectivity index (χ1) is 16.4. The van der Waals surface area contributed by atoms with Gasteiger partial charge in [0, 0.05) is 30.3 Å². The lowest BCUT2D eigenvalue weighted by Crippen LogP contribution is -2.23. The zero-order chi connectivity index (χ0) is 24.5. The van der Waals surface area contributed by atoms with Gasteiger partial charge in [-0.1, -0.05) is 30.3 Å². The minimum absolute atomic E-state index is 0.0213. The number of anilines is 1. The minimum Gasteiger partial charge on any atom is -0.493 e. The Hall–Kier alpha value is -4.27. The molecule has 3 aromatic rings. The molecule has 0 radical (unpaired) electrons. The van der Waals surface area contributed by atoms with E-state index in [0.29, 0.717) is 39.8 Å². The van der Waals surface area contributed by atoms with Gasteiger partial charge in [0.2, 0.25) is 5.75 Å². The minimum atomic E-state index is -0.582. The Kier molecular flexibility index (Phi) is 8.28. The third-order valence-electron chi connectivity index (χ3n) is 5.08. The van der Waals surface area contributed by atoms with Crippen LogP contribution < -0.4 is 25.3 Å². The molecule has 1 aromatic heterocycles. The number of Topliss-reactive ketones (excluding diaryl/α,β-unsaturated/α-hetero) is 1. The van der Waals surface area contributed by atoms with Crippen molar-refractivity contribution >= 4 is 17.7 Å². The second-order valence-corrected chi connectivity index (χ2v) is 7.31. The maximum absolute atomic E-state index is 12.5. The Bertz CT molecular complexity index is 1120. The molecule has 1 heterocycles. The highest BCUT2D eigenvalue weighted by molar-refractivity contribution is 5.98. The summed E-state index contributed by atoms with van der Waals surface area (Å²) in [5.74, 6) is 1.69. The van der Waals surface area contributed by atoms with Crippen LogP contribution in [0.2, 0.25) is 0 Å². The SMILES string of the molecule is COc1cc(COC(=O)NCc2ccc(C(=O)Cc3cccnc3N)cc2)cc(OC)c1OC. The van der Waals surface area contributed by atoms with Crippen molar-refractivity contribution in [1.82, 2.24) is 10.3 Å². The van der Waals surface area contributed by atoms with E-state index >= 15 is 0 Å². The number of pyridine rings is 1. The standard InChI is InChI=1S/C25H27N3O6/c1-31-21-11-17(12-22(32-2)23(21)33-3)15-34-25(30)28-14-16-6-8-18(9-7-16)20(29)13-19-5-4-10-27-24(19)26/h4-12H,13-15H2,1-3H3,(H2,26,27)(H,28,30). The van der Waals surface area contributed by atoms with Crippen LogP contribution in [0.3, 0.4) is 0 Å². The van der Waals surface area contributed by atoms with Crippen molar-refractivity contribution in [3.05, 3.63) is 77.0 Å². The van der Waals surface area contributed by atoms with Crippen LogP contribution in [0.5, 0.6) is 17.2 Å². The number of amides is 1. The number of nitrogens with one attached hydrogen (secondary N) is 1. The molecule has 0 aliphatic carbocycles. The highest BCUT2D eigenvalue weighted by atomic mass is 16.5. The number of benzene rings is 2. The monoisotopic (exact) mass is 465 g/mol. The molecule has 0 bridgehead atoms. The van der Waals surface area contributed by atoms with Gasteiger partial charge in [-0.05, 0) is 29.3 Å². The van der Waals surface area contributed by atoms with Crippen LogP contribution in [0.4, 0.5) is 10.6 Å². The van der Waals surface area contributed by atoms with Gasteiger partial charge in [-0.2, -0.15) is 0 Å². The third kappa shape index (κ3) is 6.16. The second-order valence-electron chi connectivity index (χ2n) is 7.31. The number of rotatable bonds is 10. The maximum Gasteiger partial charge on any atom is 0.407 e. The van der Waals surface area contributed by atoms with E-state index in [1.54, 1.807) is 54.7 Å². The van der Waals surface area contributed by atoms with Gasteiger partial charge in [0.05, 0.1) is 21.3 Å². The van der Waals surface area contributed by atoms with Crippen molar-refractivity contribution in [3.8, 4) is 17.2 Å². The third-order valence-corrected chi connectivity index (χ3v) is 5.08. The lowest BCUT2D eigenvalue weighted by atomic mass is 10.0. The summed E-state index contributed by atoms with van der Waals surface area (Å²) in [5.41, 5.74) is 8.55. The summed E-state index contributed by atoms with van der Waals surface area (Å²) in [6, 6.07) is 13.9. The Labute approximate surface area is 197 Å². The molecule has 0 spiro atoms. The van der Waals surface area contributed by atoms with Gasteiger partial charge < -0.3 is 30.0 Å². The van der Waals surface area contributed by atoms with E-state index in [2.05, 4.69) is 10.3 Å². The average Bonchev–Trinajstić information content (AvgIpc) is 2.87. The van der Waals surface area contributed by atoms with E-state index in [1.165, 1.54) is 21.3 Å². The zero-order valence-corrected chi connectivity index (χ0v) is 19.3. The predicted molar refractivity (Wildman–Crippen MR) is 126 cm³/mol. The Balaban J connectivity index is 1.51. The predicted octanol–water partition coefficient (Wildman–Crippen LogP) is 3.54. The van der Waals surface area contributed by atoms with E-state index in [4.69, 9.17) is 24.7 Å². The topological polar surface area (TPSA) is 122 Å². The first kappa shape index (κ1) is 24.4. The Morgan fingerprint density at radius 2 is 1.62 bits per heavy atom. The molecule has 2 aromatic carbocycles. The molecule has 0 atom stereocenters. The smallest absolute Gasteiger partial charge is 0.407 e. The summed E-state index contributed by atoms with van der Waals surface area (Å²) in [6.45, 7) is 0.269. The van der Waals surface area contributed by atoms with Crippen molar-refractivity contribution in [1.29, 1.82) is 0 Å². The number of carbonyl (C=O) groups is 2. The van der Waals surface area contributed by atoms with Gasteiger partial charge in [-0.3, -0.25) is 4.79 Å². The number of carbonyl (C=O) groups excluding carboxylic acids is 2. The fourth-order valence-corrected chi connectivity index (χ4v) is 3.28. The fraction of sp³-hybridized carbons (Fsp3) is 0.240. The summed E-state index contributed by atoms with van der Waals surface area (Å²) in [5, 5.41) is 2.69. The summed E-state index contributed by atoms with van der Waals surface area (Å²) in [7, 11) is 4.55. The molecule has 3 rings (SSSR count). The second kappa shape index (κ2) is 11.6. The van der Waals surface area contributed by atoms with Gasteiger partial charge in [-0.25, -0.2) is 9.78 Å². The summed E-state index contributed by atoms with van der Waals surface area (Å²) < 4.78 is 21.2. The summed E-state index contributed by atoms with van der Waals surface area (Å²) >= 11 is 0. The first-order valence-electron chi connectivity index (χ1n) is 10.5. The van der Waals surface area contributed by atoms with Gasteiger partial charge >= 0.3 is 6.09 Å². The van der Waals surface area contributed by atoms with Crippen LogP contribution >= 0.6 is 0 Å². The number of ketones is 1. The van der Waals surface area contributed by atoms with Gasteiger partial charge in [0.1, 0.15) is 12.4 Å². The van der Waals surface area contributed by atoms with E-state index < -0.39 is 6.09 Å². The quantitative estimate of drug-likeness (QED) is 0.436. The van der Waals surface area contributed by atoms with Gasteiger partial charge in [-0.15, -0.1) is 0 Å². The Morgan fingerprint density at radius 1 is 0.941 bits per heavy atom. The number of ether oxygens (including phenoxy) is 4. The first-order valence-corrected chi connectivity index (χ1v) is 10.5. The number of nitrogens with two attached hydrogens (primary N) is 1. The maximum atomic E-state index is 12.5. The lowest BCUT2D eigenvalue weighted by Gasteiger charge is -2.14. The van der Waals surface area contributed by atoms with Crippen LogP contribution in [0.25, 0.3) is 0 Å². The lowest BCUT2D eigenvalue weighted by molar-refractivity contribution is 0.0992. The van der Waals surface area contributed by atoms with E-state index in [9.17, 15) is 9.59 Å². The molecule has 0 aliphatic heterocycles. The fourth-order valence-electron chi connectivity index (χ4n) is 3.28. The molecular formula is C25H27N3O6. The highest BCUT2D eigenvalue weighted by Gasteiger charge is 2.14. The Morgan fingerprint density at radius 3 is 2.21 bits per heavy atom. The van der Waals surface area contributed by atoms with Crippen LogP contribution in [0, 0.1) is 0 Å². The molecule has 178 valence electrons. The van der Waals surface area contributed by atoms with E-state index in [1.807, 2.05) is 0 Å². The molecule has 0 saturated heterocycles. The molecule has 0 aliphatic rings. The summed E-state index contributed by atoms with van der Waals surface area (Å²) in [6.07, 6.45) is 1.17. The number of alkyl carbamates (subject to hydrolysis) is 1. The highest BCUT2D eigenvalue weighted by Crippen LogP contribution is 2.38. The molecule has 1 amide bonds. The number of hydrogen-bond donors (Lipinski definition) is 2. The van der Waals surface area contributed by atoms with Crippen LogP contribution in [-0.4, -0.2) is 38.2 Å². The van der Waals surface area contributed by atoms with Crippen molar-refractivity contribution in [3.63, 3.8) is 0 Å². The number of hydrogen-bond acceptors (Lipinski definition) is 8. The molecule has 9 heteroatoms. The van der Waals surface area contributed by atoms with Crippen molar-refractivity contribution in [2.75, 3.05) is 27.1 Å².